The molecule has 0 fully saturated rings. The molecule has 0 amide bonds. The number of fused-ring (bicyclic) bond motifs is 1. The highest BCUT2D eigenvalue weighted by molar-refractivity contribution is 5.41. The molecule has 2 heterocycles. The van der Waals surface area contributed by atoms with E-state index in [-0.39, 0.29) is 5.41 Å². The normalized spacial score (nSPS) is 12.2. The van der Waals surface area contributed by atoms with Crippen molar-refractivity contribution >= 4 is 5.65 Å². The lowest BCUT2D eigenvalue weighted by molar-refractivity contribution is 0.379. The molecular formula is C13H20N4. The summed E-state index contributed by atoms with van der Waals surface area (Å²) in [7, 11) is 0. The number of hydrogen-bond donors (Lipinski definition) is 1. The molecule has 2 N–H and O–H groups in total. The van der Waals surface area contributed by atoms with Crippen molar-refractivity contribution in [2.24, 2.45) is 5.73 Å². The average Bonchev–Trinajstić information content (AvgIpc) is 2.76. The lowest BCUT2D eigenvalue weighted by atomic mass is 9.81. The fourth-order valence-electron chi connectivity index (χ4n) is 2.30. The summed E-state index contributed by atoms with van der Waals surface area (Å²) >= 11 is 0. The molecule has 2 rings (SSSR count). The first-order chi connectivity index (χ1) is 8.16. The number of aromatic nitrogens is 3. The van der Waals surface area contributed by atoms with E-state index in [0.29, 0.717) is 6.54 Å². The zero-order valence-corrected chi connectivity index (χ0v) is 10.8. The molecular weight excluding hydrogens is 212 g/mol. The van der Waals surface area contributed by atoms with Gasteiger partial charge in [-0.25, -0.2) is 0 Å². The number of hydrogen-bond acceptors (Lipinski definition) is 3. The molecule has 92 valence electrons. The highest BCUT2D eigenvalue weighted by Gasteiger charge is 2.31. The second-order valence-electron chi connectivity index (χ2n) is 4.65. The van der Waals surface area contributed by atoms with Gasteiger partial charge in [0.05, 0.1) is 0 Å². The summed E-state index contributed by atoms with van der Waals surface area (Å²) in [6, 6.07) is 4.12. The van der Waals surface area contributed by atoms with Gasteiger partial charge in [0.2, 0.25) is 0 Å². The van der Waals surface area contributed by atoms with Crippen LogP contribution >= 0.6 is 0 Å². The van der Waals surface area contributed by atoms with Gasteiger partial charge in [-0.3, -0.25) is 4.40 Å². The molecule has 0 aromatic carbocycles. The Hall–Kier alpha value is -1.42. The van der Waals surface area contributed by atoms with Gasteiger partial charge in [0.25, 0.3) is 0 Å². The first kappa shape index (κ1) is 12.0. The molecule has 0 aliphatic rings. The standard InChI is InChI=1S/C13H20N4/c1-4-13(5-2,9-14)12-16-15-11-8-10(3)6-7-17(11)12/h6-8H,4-5,9,14H2,1-3H3. The lowest BCUT2D eigenvalue weighted by Gasteiger charge is -2.27. The monoisotopic (exact) mass is 232 g/mol. The highest BCUT2D eigenvalue weighted by atomic mass is 15.3. The molecule has 0 atom stereocenters. The first-order valence-electron chi connectivity index (χ1n) is 6.19. The van der Waals surface area contributed by atoms with Gasteiger partial charge < -0.3 is 5.73 Å². The fourth-order valence-corrected chi connectivity index (χ4v) is 2.30. The Labute approximate surface area is 102 Å². The zero-order chi connectivity index (χ0) is 12.5. The van der Waals surface area contributed by atoms with Gasteiger partial charge >= 0.3 is 0 Å². The van der Waals surface area contributed by atoms with Crippen molar-refractivity contribution in [3.05, 3.63) is 29.7 Å². The van der Waals surface area contributed by atoms with Crippen LogP contribution in [-0.4, -0.2) is 21.1 Å². The van der Waals surface area contributed by atoms with Crippen LogP contribution in [0.3, 0.4) is 0 Å². The van der Waals surface area contributed by atoms with Crippen LogP contribution in [0.5, 0.6) is 0 Å². The van der Waals surface area contributed by atoms with E-state index in [1.54, 1.807) is 0 Å². The van der Waals surface area contributed by atoms with Gasteiger partial charge in [-0.05, 0) is 37.5 Å². The summed E-state index contributed by atoms with van der Waals surface area (Å²) in [5.41, 5.74) is 8.00. The molecule has 2 aromatic rings. The molecule has 0 saturated heterocycles. The van der Waals surface area contributed by atoms with E-state index in [2.05, 4.69) is 41.4 Å². The molecule has 0 aliphatic heterocycles. The molecule has 17 heavy (non-hydrogen) atoms. The van der Waals surface area contributed by atoms with Gasteiger partial charge in [0, 0.05) is 18.2 Å². The quantitative estimate of drug-likeness (QED) is 0.877. The predicted octanol–water partition coefficient (Wildman–Crippen LogP) is 2.05. The minimum atomic E-state index is -0.0608. The third-order valence-corrected chi connectivity index (χ3v) is 3.78. The van der Waals surface area contributed by atoms with Crippen molar-refractivity contribution in [1.82, 2.24) is 14.6 Å². The van der Waals surface area contributed by atoms with Crippen molar-refractivity contribution in [2.45, 2.75) is 39.0 Å². The fraction of sp³-hybridized carbons (Fsp3) is 0.538. The molecule has 0 radical (unpaired) electrons. The van der Waals surface area contributed by atoms with Crippen LogP contribution in [0.15, 0.2) is 18.3 Å². The van der Waals surface area contributed by atoms with Gasteiger partial charge in [-0.2, -0.15) is 0 Å². The lowest BCUT2D eigenvalue weighted by Crippen LogP contribution is -2.35. The summed E-state index contributed by atoms with van der Waals surface area (Å²) in [6.07, 6.45) is 4.00. The van der Waals surface area contributed by atoms with Crippen LogP contribution in [0, 0.1) is 6.92 Å². The maximum atomic E-state index is 5.96. The van der Waals surface area contributed by atoms with Crippen molar-refractivity contribution in [3.63, 3.8) is 0 Å². The Morgan fingerprint density at radius 2 is 2.00 bits per heavy atom. The zero-order valence-electron chi connectivity index (χ0n) is 10.8. The molecule has 0 aliphatic carbocycles. The van der Waals surface area contributed by atoms with Crippen LogP contribution in [0.4, 0.5) is 0 Å². The van der Waals surface area contributed by atoms with E-state index in [4.69, 9.17) is 5.73 Å². The van der Waals surface area contributed by atoms with Crippen LogP contribution in [-0.2, 0) is 5.41 Å². The minimum Gasteiger partial charge on any atom is -0.329 e. The van der Waals surface area contributed by atoms with E-state index < -0.39 is 0 Å². The van der Waals surface area contributed by atoms with E-state index >= 15 is 0 Å². The Kier molecular flexibility index (Phi) is 3.15. The molecule has 0 bridgehead atoms. The first-order valence-corrected chi connectivity index (χ1v) is 6.19. The van der Waals surface area contributed by atoms with Gasteiger partial charge in [-0.15, -0.1) is 10.2 Å². The number of rotatable bonds is 4. The molecule has 2 aromatic heterocycles. The minimum absolute atomic E-state index is 0.0608. The molecule has 0 spiro atoms. The number of aryl methyl sites for hydroxylation is 1. The van der Waals surface area contributed by atoms with Gasteiger partial charge in [-0.1, -0.05) is 13.8 Å². The smallest absolute Gasteiger partial charge is 0.161 e. The van der Waals surface area contributed by atoms with E-state index in [9.17, 15) is 0 Å². The summed E-state index contributed by atoms with van der Waals surface area (Å²) in [5, 5.41) is 8.60. The summed E-state index contributed by atoms with van der Waals surface area (Å²) in [6.45, 7) is 6.98. The topological polar surface area (TPSA) is 56.2 Å². The third kappa shape index (κ3) is 1.82. The van der Waals surface area contributed by atoms with Crippen LogP contribution in [0.25, 0.3) is 5.65 Å². The highest BCUT2D eigenvalue weighted by Crippen LogP contribution is 2.29. The number of nitrogens with zero attached hydrogens (tertiary/aromatic N) is 3. The maximum Gasteiger partial charge on any atom is 0.161 e. The van der Waals surface area contributed by atoms with Crippen LogP contribution < -0.4 is 5.73 Å². The largest absolute Gasteiger partial charge is 0.329 e. The Bertz CT molecular complexity index is 503. The van der Waals surface area contributed by atoms with E-state index in [1.165, 1.54) is 5.56 Å². The Morgan fingerprint density at radius 3 is 2.59 bits per heavy atom. The SMILES string of the molecule is CCC(CC)(CN)c1nnc2cc(C)ccn12. The summed E-state index contributed by atoms with van der Waals surface area (Å²) in [4.78, 5) is 0. The van der Waals surface area contributed by atoms with Crippen LogP contribution in [0.1, 0.15) is 38.1 Å². The maximum absolute atomic E-state index is 5.96. The predicted molar refractivity (Wildman–Crippen MR) is 69.0 cm³/mol. The van der Waals surface area contributed by atoms with E-state index in [0.717, 1.165) is 24.3 Å². The van der Waals surface area contributed by atoms with Gasteiger partial charge in [0.1, 0.15) is 5.82 Å². The second-order valence-corrected chi connectivity index (χ2v) is 4.65. The second kappa shape index (κ2) is 4.45. The molecule has 0 saturated carbocycles. The summed E-state index contributed by atoms with van der Waals surface area (Å²) in [5.74, 6) is 0.986. The van der Waals surface area contributed by atoms with Crippen molar-refractivity contribution < 1.29 is 0 Å². The summed E-state index contributed by atoms with van der Waals surface area (Å²) < 4.78 is 2.06. The van der Waals surface area contributed by atoms with Crippen molar-refractivity contribution in [1.29, 1.82) is 0 Å². The number of pyridine rings is 1. The van der Waals surface area contributed by atoms with Gasteiger partial charge in [0.15, 0.2) is 5.65 Å². The van der Waals surface area contributed by atoms with E-state index in [1.807, 2.05) is 12.3 Å². The molecule has 0 unspecified atom stereocenters. The van der Waals surface area contributed by atoms with Crippen LogP contribution in [0.2, 0.25) is 0 Å². The Morgan fingerprint density at radius 1 is 1.29 bits per heavy atom. The third-order valence-electron chi connectivity index (χ3n) is 3.78. The average molecular weight is 232 g/mol. The molecule has 4 heteroatoms. The Balaban J connectivity index is 2.62. The van der Waals surface area contributed by atoms with Crippen molar-refractivity contribution in [3.8, 4) is 0 Å². The van der Waals surface area contributed by atoms with Crippen molar-refractivity contribution in [2.75, 3.05) is 6.54 Å². The molecule has 4 nitrogen and oxygen atoms in total. The number of nitrogens with two attached hydrogens (primary N) is 1.